The van der Waals surface area contributed by atoms with E-state index in [0.717, 1.165) is 12.8 Å². The number of amides is 1. The summed E-state index contributed by atoms with van der Waals surface area (Å²) in [5.41, 5.74) is -0.370. The molecule has 16 heavy (non-hydrogen) atoms. The zero-order valence-corrected chi connectivity index (χ0v) is 10.1. The number of carboxylic acid groups (broad SMARTS) is 1. The lowest BCUT2D eigenvalue weighted by molar-refractivity contribution is -0.142. The van der Waals surface area contributed by atoms with Crippen molar-refractivity contribution >= 4 is 11.9 Å². The van der Waals surface area contributed by atoms with Crippen molar-refractivity contribution in [3.63, 3.8) is 0 Å². The lowest BCUT2D eigenvalue weighted by Gasteiger charge is -2.21. The van der Waals surface area contributed by atoms with Gasteiger partial charge in [0.2, 0.25) is 5.91 Å². The fourth-order valence-electron chi connectivity index (χ4n) is 2.72. The first kappa shape index (κ1) is 11.4. The van der Waals surface area contributed by atoms with Crippen LogP contribution in [0.15, 0.2) is 0 Å². The Kier molecular flexibility index (Phi) is 2.48. The Morgan fingerprint density at radius 1 is 1.31 bits per heavy atom. The molecule has 2 aliphatic rings. The molecule has 4 nitrogen and oxygen atoms in total. The first-order valence-electron chi connectivity index (χ1n) is 5.94. The minimum absolute atomic E-state index is 0.0439. The minimum Gasteiger partial charge on any atom is -0.481 e. The van der Waals surface area contributed by atoms with Gasteiger partial charge in [-0.1, -0.05) is 13.8 Å². The first-order valence-corrected chi connectivity index (χ1v) is 5.94. The molecule has 90 valence electrons. The molecule has 1 N–H and O–H groups in total. The highest BCUT2D eigenvalue weighted by Gasteiger charge is 2.67. The minimum atomic E-state index is -0.838. The number of aliphatic carboxylic acids is 1. The number of nitrogens with zero attached hydrogens (tertiary/aromatic N) is 1. The van der Waals surface area contributed by atoms with Crippen LogP contribution < -0.4 is 0 Å². The Balaban J connectivity index is 2.08. The molecular weight excluding hydrogens is 206 g/mol. The van der Waals surface area contributed by atoms with E-state index in [-0.39, 0.29) is 17.2 Å². The van der Waals surface area contributed by atoms with Crippen molar-refractivity contribution in [1.82, 2.24) is 4.90 Å². The summed E-state index contributed by atoms with van der Waals surface area (Å²) in [6.07, 6.45) is 2.15. The smallest absolute Gasteiger partial charge is 0.307 e. The molecule has 2 atom stereocenters. The summed E-state index contributed by atoms with van der Waals surface area (Å²) in [4.78, 5) is 25.1. The molecule has 2 fully saturated rings. The second-order valence-electron chi connectivity index (χ2n) is 5.47. The molecule has 2 saturated carbocycles. The second-order valence-corrected chi connectivity index (χ2v) is 5.47. The van der Waals surface area contributed by atoms with Gasteiger partial charge in [0.25, 0.3) is 0 Å². The molecule has 2 rings (SSSR count). The molecule has 0 aromatic carbocycles. The first-order chi connectivity index (χ1) is 7.41. The van der Waals surface area contributed by atoms with Gasteiger partial charge in [0, 0.05) is 12.6 Å². The van der Waals surface area contributed by atoms with Gasteiger partial charge in [-0.25, -0.2) is 0 Å². The van der Waals surface area contributed by atoms with Crippen LogP contribution in [0.25, 0.3) is 0 Å². The van der Waals surface area contributed by atoms with Crippen LogP contribution in [0.5, 0.6) is 0 Å². The molecule has 0 unspecified atom stereocenters. The van der Waals surface area contributed by atoms with E-state index in [1.807, 2.05) is 25.7 Å². The average molecular weight is 225 g/mol. The molecule has 0 radical (unpaired) electrons. The summed E-state index contributed by atoms with van der Waals surface area (Å²) in [7, 11) is 0. The highest BCUT2D eigenvalue weighted by Crippen LogP contribution is 2.59. The Morgan fingerprint density at radius 3 is 2.19 bits per heavy atom. The van der Waals surface area contributed by atoms with E-state index in [9.17, 15) is 9.59 Å². The van der Waals surface area contributed by atoms with Crippen molar-refractivity contribution in [1.29, 1.82) is 0 Å². The van der Waals surface area contributed by atoms with Gasteiger partial charge < -0.3 is 10.0 Å². The Labute approximate surface area is 95.6 Å². The van der Waals surface area contributed by atoms with Crippen LogP contribution in [-0.2, 0) is 9.59 Å². The topological polar surface area (TPSA) is 57.6 Å². The highest BCUT2D eigenvalue weighted by atomic mass is 16.4. The van der Waals surface area contributed by atoms with Crippen LogP contribution in [0, 0.1) is 17.3 Å². The molecule has 2 aliphatic carbocycles. The highest BCUT2D eigenvalue weighted by molar-refractivity contribution is 5.92. The van der Waals surface area contributed by atoms with Gasteiger partial charge in [-0.15, -0.1) is 0 Å². The number of carbonyl (C=O) groups excluding carboxylic acids is 1. The fourth-order valence-corrected chi connectivity index (χ4v) is 2.72. The summed E-state index contributed by atoms with van der Waals surface area (Å²) in [5, 5.41) is 9.05. The van der Waals surface area contributed by atoms with Crippen molar-refractivity contribution in [3.8, 4) is 0 Å². The third-order valence-electron chi connectivity index (χ3n) is 3.97. The van der Waals surface area contributed by atoms with Gasteiger partial charge >= 0.3 is 5.97 Å². The van der Waals surface area contributed by atoms with E-state index in [1.54, 1.807) is 0 Å². The van der Waals surface area contributed by atoms with Crippen molar-refractivity contribution in [2.24, 2.45) is 17.3 Å². The van der Waals surface area contributed by atoms with Crippen LogP contribution >= 0.6 is 0 Å². The van der Waals surface area contributed by atoms with E-state index in [2.05, 4.69) is 0 Å². The van der Waals surface area contributed by atoms with Crippen molar-refractivity contribution < 1.29 is 14.7 Å². The third kappa shape index (κ3) is 1.60. The quantitative estimate of drug-likeness (QED) is 0.785. The van der Waals surface area contributed by atoms with Crippen LogP contribution in [0.4, 0.5) is 0 Å². The number of carboxylic acids is 1. The molecule has 0 aromatic rings. The lowest BCUT2D eigenvalue weighted by atomic mass is 10.1. The normalized spacial score (nSPS) is 30.9. The molecule has 0 heterocycles. The van der Waals surface area contributed by atoms with E-state index in [1.165, 1.54) is 0 Å². The summed E-state index contributed by atoms with van der Waals surface area (Å²) in [6.45, 7) is 6.40. The van der Waals surface area contributed by atoms with Crippen LogP contribution in [0.1, 0.15) is 33.6 Å². The van der Waals surface area contributed by atoms with Gasteiger partial charge in [0.1, 0.15) is 0 Å². The zero-order chi connectivity index (χ0) is 12.1. The Bertz CT molecular complexity index is 333. The van der Waals surface area contributed by atoms with Crippen LogP contribution in [-0.4, -0.2) is 34.5 Å². The monoisotopic (exact) mass is 225 g/mol. The predicted molar refractivity (Wildman–Crippen MR) is 58.8 cm³/mol. The fraction of sp³-hybridized carbons (Fsp3) is 0.833. The summed E-state index contributed by atoms with van der Waals surface area (Å²) >= 11 is 0. The zero-order valence-electron chi connectivity index (χ0n) is 10.1. The van der Waals surface area contributed by atoms with Crippen molar-refractivity contribution in [2.45, 2.75) is 39.7 Å². The van der Waals surface area contributed by atoms with E-state index >= 15 is 0 Å². The molecule has 0 aliphatic heterocycles. The molecule has 0 bridgehead atoms. The van der Waals surface area contributed by atoms with Crippen molar-refractivity contribution in [3.05, 3.63) is 0 Å². The summed E-state index contributed by atoms with van der Waals surface area (Å²) < 4.78 is 0. The standard InChI is InChI=1S/C12H19NO3/c1-4-13(7-5-6-7)10(14)8-9(11(15)16)12(8,2)3/h7-9H,4-6H2,1-3H3,(H,15,16)/t8-,9+/m1/s1. The van der Waals surface area contributed by atoms with Gasteiger partial charge in [-0.05, 0) is 25.2 Å². The average Bonchev–Trinajstić information content (AvgIpc) is 3.03. The molecule has 4 heteroatoms. The largest absolute Gasteiger partial charge is 0.481 e. The third-order valence-corrected chi connectivity index (χ3v) is 3.97. The molecule has 0 aromatic heterocycles. The summed E-state index contributed by atoms with van der Waals surface area (Å²) in [5.74, 6) is -1.60. The van der Waals surface area contributed by atoms with E-state index < -0.39 is 11.9 Å². The number of rotatable bonds is 4. The second kappa shape index (κ2) is 3.47. The van der Waals surface area contributed by atoms with Gasteiger partial charge in [0.15, 0.2) is 0 Å². The summed E-state index contributed by atoms with van der Waals surface area (Å²) in [6, 6.07) is 0.378. The predicted octanol–water partition coefficient (Wildman–Crippen LogP) is 1.35. The number of carbonyl (C=O) groups is 2. The SMILES string of the molecule is CCN(C(=O)[C@H]1[C@@H](C(=O)O)C1(C)C)C1CC1. The maximum atomic E-state index is 12.2. The molecular formula is C12H19NO3. The lowest BCUT2D eigenvalue weighted by Crippen LogP contribution is -2.35. The number of hydrogen-bond acceptors (Lipinski definition) is 2. The number of hydrogen-bond donors (Lipinski definition) is 1. The molecule has 0 spiro atoms. The Hall–Kier alpha value is -1.06. The Morgan fingerprint density at radius 2 is 1.88 bits per heavy atom. The maximum Gasteiger partial charge on any atom is 0.307 e. The van der Waals surface area contributed by atoms with Crippen molar-refractivity contribution in [2.75, 3.05) is 6.54 Å². The van der Waals surface area contributed by atoms with Gasteiger partial charge in [-0.3, -0.25) is 9.59 Å². The van der Waals surface area contributed by atoms with Crippen LogP contribution in [0.2, 0.25) is 0 Å². The van der Waals surface area contributed by atoms with Crippen LogP contribution in [0.3, 0.4) is 0 Å². The molecule has 0 saturated heterocycles. The maximum absolute atomic E-state index is 12.2. The van der Waals surface area contributed by atoms with E-state index in [4.69, 9.17) is 5.11 Å². The van der Waals surface area contributed by atoms with Gasteiger partial charge in [0.05, 0.1) is 11.8 Å². The van der Waals surface area contributed by atoms with E-state index in [0.29, 0.717) is 12.6 Å². The van der Waals surface area contributed by atoms with Gasteiger partial charge in [-0.2, -0.15) is 0 Å². The molecule has 1 amide bonds.